The van der Waals surface area contributed by atoms with Crippen molar-refractivity contribution in [3.8, 4) is 0 Å². The lowest BCUT2D eigenvalue weighted by molar-refractivity contribution is 0.810. The Bertz CT molecular complexity index is 571. The van der Waals surface area contributed by atoms with E-state index in [1.807, 2.05) is 16.6 Å². The summed E-state index contributed by atoms with van der Waals surface area (Å²) in [6.07, 6.45) is 3.69. The fraction of sp³-hybridized carbons (Fsp3) is 0.583. The average Bonchev–Trinajstić information content (AvgIpc) is 3.23. The van der Waals surface area contributed by atoms with Crippen molar-refractivity contribution in [3.05, 3.63) is 18.0 Å². The van der Waals surface area contributed by atoms with Crippen LogP contribution in [0.25, 0.3) is 5.65 Å². The summed E-state index contributed by atoms with van der Waals surface area (Å²) >= 11 is 0. The van der Waals surface area contributed by atoms with Crippen LogP contribution in [0.1, 0.15) is 37.9 Å². The van der Waals surface area contributed by atoms with E-state index in [9.17, 15) is 0 Å². The Labute approximate surface area is 99.2 Å². The van der Waals surface area contributed by atoms with Gasteiger partial charge in [0.2, 0.25) is 0 Å². The Morgan fingerprint density at radius 3 is 2.82 bits per heavy atom. The molecule has 0 spiro atoms. The molecule has 1 N–H and O–H groups in total. The van der Waals surface area contributed by atoms with Crippen LogP contribution in [-0.4, -0.2) is 25.9 Å². The zero-order valence-electron chi connectivity index (χ0n) is 9.80. The smallest absolute Gasteiger partial charge is 0.178 e. The first kappa shape index (κ1) is 9.39. The van der Waals surface area contributed by atoms with Crippen molar-refractivity contribution in [2.75, 3.05) is 5.32 Å². The van der Waals surface area contributed by atoms with Crippen LogP contribution >= 0.6 is 0 Å². The number of nitrogens with zero attached hydrogens (tertiary/aromatic N) is 4. The van der Waals surface area contributed by atoms with Gasteiger partial charge in [-0.3, -0.25) is 0 Å². The molecule has 0 aliphatic heterocycles. The largest absolute Gasteiger partial charge is 0.366 e. The third-order valence-corrected chi connectivity index (χ3v) is 3.67. The Hall–Kier alpha value is -1.65. The molecule has 0 aromatic carbocycles. The van der Waals surface area contributed by atoms with E-state index >= 15 is 0 Å². The molecular weight excluding hydrogens is 214 g/mol. The topological polar surface area (TPSA) is 55.1 Å². The summed E-state index contributed by atoms with van der Waals surface area (Å²) in [5, 5.41) is 16.4. The molecule has 2 aliphatic carbocycles. The third kappa shape index (κ3) is 1.57. The van der Waals surface area contributed by atoms with Crippen LogP contribution in [0.4, 0.5) is 5.82 Å². The molecule has 0 saturated heterocycles. The van der Waals surface area contributed by atoms with E-state index in [0.29, 0.717) is 12.0 Å². The van der Waals surface area contributed by atoms with Crippen LogP contribution < -0.4 is 5.32 Å². The van der Waals surface area contributed by atoms with Gasteiger partial charge in [0.05, 0.1) is 0 Å². The zero-order chi connectivity index (χ0) is 11.4. The van der Waals surface area contributed by atoms with Gasteiger partial charge < -0.3 is 5.32 Å². The van der Waals surface area contributed by atoms with E-state index in [1.54, 1.807) is 0 Å². The molecule has 17 heavy (non-hydrogen) atoms. The second-order valence-corrected chi connectivity index (χ2v) is 5.28. The monoisotopic (exact) mass is 229 g/mol. The van der Waals surface area contributed by atoms with Crippen molar-refractivity contribution in [2.24, 2.45) is 5.92 Å². The summed E-state index contributed by atoms with van der Waals surface area (Å²) in [5.74, 6) is 3.31. The van der Waals surface area contributed by atoms with E-state index in [4.69, 9.17) is 0 Å². The molecule has 0 radical (unpaired) electrons. The van der Waals surface area contributed by atoms with Gasteiger partial charge in [-0.15, -0.1) is 15.3 Å². The molecule has 2 fully saturated rings. The van der Waals surface area contributed by atoms with Crippen LogP contribution in [0.3, 0.4) is 0 Å². The molecule has 2 unspecified atom stereocenters. The highest BCUT2D eigenvalue weighted by Gasteiger charge is 2.33. The van der Waals surface area contributed by atoms with Crippen LogP contribution in [0, 0.1) is 5.92 Å². The highest BCUT2D eigenvalue weighted by molar-refractivity contribution is 5.45. The van der Waals surface area contributed by atoms with Gasteiger partial charge in [0.25, 0.3) is 0 Å². The fourth-order valence-corrected chi connectivity index (χ4v) is 2.19. The van der Waals surface area contributed by atoms with Crippen LogP contribution in [0.2, 0.25) is 0 Å². The van der Waals surface area contributed by atoms with Gasteiger partial charge in [-0.1, -0.05) is 6.92 Å². The van der Waals surface area contributed by atoms with Gasteiger partial charge in [-0.05, 0) is 37.3 Å². The zero-order valence-corrected chi connectivity index (χ0v) is 9.80. The van der Waals surface area contributed by atoms with Crippen molar-refractivity contribution in [1.29, 1.82) is 0 Å². The van der Waals surface area contributed by atoms with Gasteiger partial charge in [-0.2, -0.15) is 4.52 Å². The summed E-state index contributed by atoms with van der Waals surface area (Å²) in [6.45, 7) is 2.25. The van der Waals surface area contributed by atoms with Crippen molar-refractivity contribution in [1.82, 2.24) is 19.8 Å². The summed E-state index contributed by atoms with van der Waals surface area (Å²) < 4.78 is 1.90. The number of rotatable bonds is 3. The predicted molar refractivity (Wildman–Crippen MR) is 63.9 cm³/mol. The minimum absolute atomic E-state index is 0.576. The second kappa shape index (κ2) is 3.18. The lowest BCUT2D eigenvalue weighted by Gasteiger charge is -2.04. The predicted octanol–water partition coefficient (Wildman–Crippen LogP) is 1.82. The highest BCUT2D eigenvalue weighted by Crippen LogP contribution is 2.39. The maximum absolute atomic E-state index is 4.59. The molecule has 88 valence electrons. The second-order valence-electron chi connectivity index (χ2n) is 5.28. The SMILES string of the molecule is CC1CC1Nc1ccc2nnc(C3CC3)n2n1. The molecule has 5 heteroatoms. The molecule has 0 bridgehead atoms. The van der Waals surface area contributed by atoms with Gasteiger partial charge in [0.15, 0.2) is 11.5 Å². The van der Waals surface area contributed by atoms with Gasteiger partial charge in [-0.25, -0.2) is 0 Å². The first-order valence-corrected chi connectivity index (χ1v) is 6.30. The minimum atomic E-state index is 0.576. The molecule has 2 aliphatic rings. The number of aromatic nitrogens is 4. The Morgan fingerprint density at radius 2 is 2.12 bits per heavy atom. The normalized spacial score (nSPS) is 27.4. The fourth-order valence-electron chi connectivity index (χ4n) is 2.19. The molecule has 0 amide bonds. The molecule has 2 heterocycles. The molecule has 5 nitrogen and oxygen atoms in total. The van der Waals surface area contributed by atoms with Gasteiger partial charge in [0.1, 0.15) is 5.82 Å². The van der Waals surface area contributed by atoms with Gasteiger partial charge in [0, 0.05) is 12.0 Å². The Balaban J connectivity index is 1.71. The Morgan fingerprint density at radius 1 is 1.29 bits per heavy atom. The van der Waals surface area contributed by atoms with Crippen LogP contribution in [0.15, 0.2) is 12.1 Å². The lowest BCUT2D eigenvalue weighted by atomic mass is 10.4. The quantitative estimate of drug-likeness (QED) is 0.872. The van der Waals surface area contributed by atoms with E-state index in [-0.39, 0.29) is 0 Å². The number of nitrogens with one attached hydrogen (secondary N) is 1. The summed E-state index contributed by atoms with van der Waals surface area (Å²) in [7, 11) is 0. The maximum Gasteiger partial charge on any atom is 0.178 e. The summed E-state index contributed by atoms with van der Waals surface area (Å²) in [4.78, 5) is 0. The van der Waals surface area contributed by atoms with Crippen molar-refractivity contribution >= 4 is 11.5 Å². The standard InChI is InChI=1S/C12H15N5/c1-7-6-9(7)13-10-4-5-11-14-15-12(8-2-3-8)17(11)16-10/h4-5,7-9H,2-3,6H2,1H3,(H,13,16). The Kier molecular flexibility index (Phi) is 1.76. The van der Waals surface area contributed by atoms with Crippen molar-refractivity contribution < 1.29 is 0 Å². The van der Waals surface area contributed by atoms with Crippen LogP contribution in [-0.2, 0) is 0 Å². The van der Waals surface area contributed by atoms with Crippen LogP contribution in [0.5, 0.6) is 0 Å². The van der Waals surface area contributed by atoms with Gasteiger partial charge >= 0.3 is 0 Å². The van der Waals surface area contributed by atoms with E-state index in [0.717, 1.165) is 23.2 Å². The first-order valence-electron chi connectivity index (χ1n) is 6.30. The average molecular weight is 229 g/mol. The minimum Gasteiger partial charge on any atom is -0.366 e. The molecular formula is C12H15N5. The third-order valence-electron chi connectivity index (χ3n) is 3.67. The maximum atomic E-state index is 4.59. The van der Waals surface area contributed by atoms with Crippen molar-refractivity contribution in [2.45, 2.75) is 38.1 Å². The summed E-state index contributed by atoms with van der Waals surface area (Å²) in [6, 6.07) is 4.58. The molecule has 4 rings (SSSR count). The first-order chi connectivity index (χ1) is 8.31. The molecule has 2 atom stereocenters. The molecule has 2 aromatic heterocycles. The number of hydrogen-bond donors (Lipinski definition) is 1. The van der Waals surface area contributed by atoms with E-state index in [2.05, 4.69) is 27.5 Å². The molecule has 2 aromatic rings. The number of anilines is 1. The van der Waals surface area contributed by atoms with E-state index in [1.165, 1.54) is 19.3 Å². The van der Waals surface area contributed by atoms with E-state index < -0.39 is 0 Å². The van der Waals surface area contributed by atoms with Crippen molar-refractivity contribution in [3.63, 3.8) is 0 Å². The highest BCUT2D eigenvalue weighted by atomic mass is 15.4. The lowest BCUT2D eigenvalue weighted by Crippen LogP contribution is -2.08. The summed E-state index contributed by atoms with van der Waals surface area (Å²) in [5.41, 5.74) is 0.848. The molecule has 2 saturated carbocycles. The number of hydrogen-bond acceptors (Lipinski definition) is 4. The number of fused-ring (bicyclic) bond motifs is 1.